The first-order chi connectivity index (χ1) is 13.1. The Morgan fingerprint density at radius 2 is 1.48 bits per heavy atom. The molecule has 2 N–H and O–H groups in total. The van der Waals surface area contributed by atoms with Crippen LogP contribution in [0.1, 0.15) is 30.5 Å². The predicted octanol–water partition coefficient (Wildman–Crippen LogP) is 4.16. The Morgan fingerprint density at radius 3 is 1.93 bits per heavy atom. The molecule has 2 rings (SSSR count). The van der Waals surface area contributed by atoms with Crippen LogP contribution < -0.4 is 24.8 Å². The van der Waals surface area contributed by atoms with Gasteiger partial charge in [0, 0.05) is 12.2 Å². The smallest absolute Gasteiger partial charge is 0.319 e. The number of aryl methyl sites for hydroxylation is 2. The molecule has 0 unspecified atom stereocenters. The van der Waals surface area contributed by atoms with E-state index in [1.165, 1.54) is 0 Å². The third-order valence-corrected chi connectivity index (χ3v) is 4.41. The molecule has 0 saturated carbocycles. The van der Waals surface area contributed by atoms with Crippen LogP contribution in [0, 0.1) is 0 Å². The van der Waals surface area contributed by atoms with Crippen molar-refractivity contribution in [1.29, 1.82) is 0 Å². The number of para-hydroxylation sites is 1. The molecule has 0 aromatic heterocycles. The molecule has 0 atom stereocenters. The van der Waals surface area contributed by atoms with E-state index in [-0.39, 0.29) is 6.03 Å². The summed E-state index contributed by atoms with van der Waals surface area (Å²) in [4.78, 5) is 12.4. The fraction of sp³-hybridized carbons (Fsp3) is 0.381. The fourth-order valence-electron chi connectivity index (χ4n) is 2.98. The minimum atomic E-state index is -0.251. The van der Waals surface area contributed by atoms with Gasteiger partial charge in [-0.2, -0.15) is 0 Å². The van der Waals surface area contributed by atoms with E-state index in [1.54, 1.807) is 21.3 Å². The summed E-state index contributed by atoms with van der Waals surface area (Å²) in [6, 6.07) is 9.48. The number of rotatable bonds is 8. The maximum absolute atomic E-state index is 12.4. The van der Waals surface area contributed by atoms with E-state index in [4.69, 9.17) is 14.2 Å². The standard InChI is InChI=1S/C21H28N2O4/c1-6-15-9-8-10-16(7-2)19(15)23-21(24)22-13-14-11-17(25-3)20(27-5)18(12-14)26-4/h8-12H,6-7,13H2,1-5H3,(H2,22,23,24). The summed E-state index contributed by atoms with van der Waals surface area (Å²) in [6.07, 6.45) is 1.71. The quantitative estimate of drug-likeness (QED) is 0.730. The molecule has 6 nitrogen and oxygen atoms in total. The van der Waals surface area contributed by atoms with Gasteiger partial charge in [0.05, 0.1) is 21.3 Å². The summed E-state index contributed by atoms with van der Waals surface area (Å²) in [5, 5.41) is 5.88. The normalized spacial score (nSPS) is 10.3. The van der Waals surface area contributed by atoms with Crippen molar-refractivity contribution >= 4 is 11.7 Å². The Labute approximate surface area is 160 Å². The maximum atomic E-state index is 12.4. The van der Waals surface area contributed by atoms with E-state index >= 15 is 0 Å². The number of hydrogen-bond donors (Lipinski definition) is 2. The van der Waals surface area contributed by atoms with Crippen molar-refractivity contribution in [1.82, 2.24) is 5.32 Å². The molecule has 146 valence electrons. The van der Waals surface area contributed by atoms with Crippen molar-refractivity contribution in [3.05, 3.63) is 47.0 Å². The van der Waals surface area contributed by atoms with Crippen molar-refractivity contribution < 1.29 is 19.0 Å². The lowest BCUT2D eigenvalue weighted by atomic mass is 10.0. The second-order valence-corrected chi connectivity index (χ2v) is 6.00. The first kappa shape index (κ1) is 20.4. The molecule has 0 radical (unpaired) electrons. The Kier molecular flexibility index (Phi) is 7.34. The number of urea groups is 1. The van der Waals surface area contributed by atoms with Gasteiger partial charge in [0.25, 0.3) is 0 Å². The highest BCUT2D eigenvalue weighted by molar-refractivity contribution is 5.91. The number of carbonyl (C=O) groups excluding carboxylic acids is 1. The maximum Gasteiger partial charge on any atom is 0.319 e. The SMILES string of the molecule is CCc1cccc(CC)c1NC(=O)NCc1cc(OC)c(OC)c(OC)c1. The molecule has 2 amide bonds. The zero-order valence-electron chi connectivity index (χ0n) is 16.6. The fourth-order valence-corrected chi connectivity index (χ4v) is 2.98. The van der Waals surface area contributed by atoms with E-state index in [2.05, 4.69) is 24.5 Å². The van der Waals surface area contributed by atoms with Gasteiger partial charge in [-0.05, 0) is 41.7 Å². The molecule has 27 heavy (non-hydrogen) atoms. The van der Waals surface area contributed by atoms with Gasteiger partial charge in [0.2, 0.25) is 5.75 Å². The summed E-state index contributed by atoms with van der Waals surface area (Å²) >= 11 is 0. The van der Waals surface area contributed by atoms with Gasteiger partial charge in [0.15, 0.2) is 11.5 Å². The first-order valence-corrected chi connectivity index (χ1v) is 9.02. The van der Waals surface area contributed by atoms with Gasteiger partial charge >= 0.3 is 6.03 Å². The molecular formula is C21H28N2O4. The zero-order chi connectivity index (χ0) is 19.8. The highest BCUT2D eigenvalue weighted by Gasteiger charge is 2.14. The summed E-state index contributed by atoms with van der Waals surface area (Å²) in [5.74, 6) is 1.63. The summed E-state index contributed by atoms with van der Waals surface area (Å²) in [6.45, 7) is 4.49. The average Bonchev–Trinajstić information content (AvgIpc) is 2.71. The van der Waals surface area contributed by atoms with E-state index in [9.17, 15) is 4.79 Å². The second kappa shape index (κ2) is 9.71. The van der Waals surface area contributed by atoms with Crippen LogP contribution in [0.5, 0.6) is 17.2 Å². The number of anilines is 1. The molecule has 0 aliphatic heterocycles. The van der Waals surface area contributed by atoms with Crippen molar-refractivity contribution in [2.45, 2.75) is 33.2 Å². The lowest BCUT2D eigenvalue weighted by Gasteiger charge is -2.16. The zero-order valence-corrected chi connectivity index (χ0v) is 16.6. The van der Waals surface area contributed by atoms with Crippen LogP contribution in [0.2, 0.25) is 0 Å². The lowest BCUT2D eigenvalue weighted by molar-refractivity contribution is 0.251. The van der Waals surface area contributed by atoms with Gasteiger partial charge < -0.3 is 24.8 Å². The van der Waals surface area contributed by atoms with Gasteiger partial charge in [-0.3, -0.25) is 0 Å². The second-order valence-electron chi connectivity index (χ2n) is 6.00. The highest BCUT2D eigenvalue weighted by Crippen LogP contribution is 2.38. The molecule has 6 heteroatoms. The molecule has 2 aromatic rings. The number of carbonyl (C=O) groups is 1. The van der Waals surface area contributed by atoms with Crippen LogP contribution in [0.3, 0.4) is 0 Å². The number of benzene rings is 2. The molecule has 0 saturated heterocycles. The van der Waals surface area contributed by atoms with Gasteiger partial charge in [0.1, 0.15) is 0 Å². The van der Waals surface area contributed by atoms with Crippen LogP contribution in [0.25, 0.3) is 0 Å². The van der Waals surface area contributed by atoms with Crippen LogP contribution in [0.4, 0.5) is 10.5 Å². The molecule has 2 aromatic carbocycles. The lowest BCUT2D eigenvalue weighted by Crippen LogP contribution is -2.29. The van der Waals surface area contributed by atoms with E-state index in [1.807, 2.05) is 30.3 Å². The number of ether oxygens (including phenoxy) is 3. The molecule has 0 bridgehead atoms. The minimum Gasteiger partial charge on any atom is -0.493 e. The van der Waals surface area contributed by atoms with Crippen molar-refractivity contribution in [3.8, 4) is 17.2 Å². The molecule has 0 aliphatic carbocycles. The monoisotopic (exact) mass is 372 g/mol. The summed E-state index contributed by atoms with van der Waals surface area (Å²) < 4.78 is 16.0. The predicted molar refractivity (Wildman–Crippen MR) is 107 cm³/mol. The minimum absolute atomic E-state index is 0.251. The number of amides is 2. The topological polar surface area (TPSA) is 68.8 Å². The number of nitrogens with one attached hydrogen (secondary N) is 2. The third kappa shape index (κ3) is 4.84. The third-order valence-electron chi connectivity index (χ3n) is 4.41. The Bertz CT molecular complexity index is 742. The average molecular weight is 372 g/mol. The number of hydrogen-bond acceptors (Lipinski definition) is 4. The van der Waals surface area contributed by atoms with Gasteiger partial charge in [-0.25, -0.2) is 4.79 Å². The van der Waals surface area contributed by atoms with Gasteiger partial charge in [-0.1, -0.05) is 32.0 Å². The van der Waals surface area contributed by atoms with Gasteiger partial charge in [-0.15, -0.1) is 0 Å². The van der Waals surface area contributed by atoms with Crippen molar-refractivity contribution in [3.63, 3.8) is 0 Å². The van der Waals surface area contributed by atoms with E-state index in [0.29, 0.717) is 23.8 Å². The number of methoxy groups -OCH3 is 3. The van der Waals surface area contributed by atoms with Crippen LogP contribution in [-0.2, 0) is 19.4 Å². The summed E-state index contributed by atoms with van der Waals surface area (Å²) in [5.41, 5.74) is 3.98. The van der Waals surface area contributed by atoms with Crippen LogP contribution >= 0.6 is 0 Å². The Morgan fingerprint density at radius 1 is 0.926 bits per heavy atom. The molecule has 0 heterocycles. The van der Waals surface area contributed by atoms with E-state index < -0.39 is 0 Å². The highest BCUT2D eigenvalue weighted by atomic mass is 16.5. The van der Waals surface area contributed by atoms with Crippen LogP contribution in [-0.4, -0.2) is 27.4 Å². The molecule has 0 spiro atoms. The largest absolute Gasteiger partial charge is 0.493 e. The first-order valence-electron chi connectivity index (χ1n) is 9.02. The van der Waals surface area contributed by atoms with Crippen molar-refractivity contribution in [2.24, 2.45) is 0 Å². The Hall–Kier alpha value is -2.89. The molecule has 0 fully saturated rings. The molecular weight excluding hydrogens is 344 g/mol. The Balaban J connectivity index is 2.13. The van der Waals surface area contributed by atoms with E-state index in [0.717, 1.165) is 35.2 Å². The van der Waals surface area contributed by atoms with Crippen molar-refractivity contribution in [2.75, 3.05) is 26.6 Å². The van der Waals surface area contributed by atoms with Crippen LogP contribution in [0.15, 0.2) is 30.3 Å². The summed E-state index contributed by atoms with van der Waals surface area (Å²) in [7, 11) is 4.69. The molecule has 0 aliphatic rings.